The van der Waals surface area contributed by atoms with E-state index in [9.17, 15) is 20.0 Å². The van der Waals surface area contributed by atoms with Gasteiger partial charge in [0.05, 0.1) is 11.3 Å². The van der Waals surface area contributed by atoms with E-state index >= 15 is 0 Å². The van der Waals surface area contributed by atoms with Crippen molar-refractivity contribution in [2.45, 2.75) is 6.92 Å². The van der Waals surface area contributed by atoms with E-state index in [1.807, 2.05) is 25.1 Å². The molecule has 0 spiro atoms. The fourth-order valence-electron chi connectivity index (χ4n) is 2.12. The lowest BCUT2D eigenvalue weighted by atomic mass is 10.0. The van der Waals surface area contributed by atoms with Crippen molar-refractivity contribution in [3.63, 3.8) is 0 Å². The second-order valence-electron chi connectivity index (χ2n) is 5.12. The summed E-state index contributed by atoms with van der Waals surface area (Å²) in [5.41, 5.74) is 1.57. The Hall–Kier alpha value is -2.43. The second kappa shape index (κ2) is 8.10. The Labute approximate surface area is 161 Å². The number of aryl methyl sites for hydroxylation is 1. The van der Waals surface area contributed by atoms with Crippen LogP contribution in [0.15, 0.2) is 50.9 Å². The Bertz CT molecular complexity index is 907. The Balaban J connectivity index is 2.38. The molecule has 25 heavy (non-hydrogen) atoms. The molecule has 1 amide bonds. The molecule has 0 radical (unpaired) electrons. The quantitative estimate of drug-likeness (QED) is 0.505. The highest BCUT2D eigenvalue weighted by molar-refractivity contribution is 9.11. The van der Waals surface area contributed by atoms with Crippen LogP contribution in [0.4, 0.5) is 5.69 Å². The van der Waals surface area contributed by atoms with Crippen molar-refractivity contribution in [1.29, 1.82) is 5.26 Å². The van der Waals surface area contributed by atoms with Gasteiger partial charge in [-0.25, -0.2) is 4.79 Å². The molecule has 2 aromatic carbocycles. The van der Waals surface area contributed by atoms with Crippen LogP contribution in [0, 0.1) is 18.3 Å². The highest BCUT2D eigenvalue weighted by Gasteiger charge is 2.16. The maximum atomic E-state index is 12.4. The molecule has 0 aliphatic rings. The molecule has 0 unspecified atom stereocenters. The predicted molar refractivity (Wildman–Crippen MR) is 102 cm³/mol. The summed E-state index contributed by atoms with van der Waals surface area (Å²) in [5.74, 6) is -1.76. The monoisotopic (exact) mass is 462 g/mol. The maximum absolute atomic E-state index is 12.4. The summed E-state index contributed by atoms with van der Waals surface area (Å²) in [6, 6.07) is 11.6. The number of hydrogen-bond acceptors (Lipinski definition) is 3. The number of carboxylic acid groups (broad SMARTS) is 1. The molecule has 126 valence electrons. The summed E-state index contributed by atoms with van der Waals surface area (Å²) >= 11 is 6.74. The lowest BCUT2D eigenvalue weighted by Gasteiger charge is -2.10. The minimum absolute atomic E-state index is 0.0146. The number of amides is 1. The van der Waals surface area contributed by atoms with Gasteiger partial charge in [-0.3, -0.25) is 4.79 Å². The molecule has 0 fully saturated rings. The molecular weight excluding hydrogens is 452 g/mol. The molecular formula is C18H12Br2N2O3. The predicted octanol–water partition coefficient (Wildman–Crippen LogP) is 4.76. The topological polar surface area (TPSA) is 90.2 Å². The van der Waals surface area contributed by atoms with Gasteiger partial charge in [0.2, 0.25) is 0 Å². The van der Waals surface area contributed by atoms with Crippen LogP contribution in [0.3, 0.4) is 0 Å². The fraction of sp³-hybridized carbons (Fsp3) is 0.0556. The Morgan fingerprint density at radius 2 is 1.80 bits per heavy atom. The first-order valence-corrected chi connectivity index (χ1v) is 8.63. The molecule has 2 aromatic rings. The number of nitrogens with one attached hydrogen (secondary N) is 1. The number of nitrogens with zero attached hydrogens (tertiary/aromatic N) is 1. The van der Waals surface area contributed by atoms with Gasteiger partial charge in [-0.2, -0.15) is 5.26 Å². The van der Waals surface area contributed by atoms with Gasteiger partial charge >= 0.3 is 5.97 Å². The number of carboxylic acids is 1. The van der Waals surface area contributed by atoms with Gasteiger partial charge < -0.3 is 10.4 Å². The van der Waals surface area contributed by atoms with Crippen molar-refractivity contribution in [2.75, 3.05) is 5.32 Å². The number of nitriles is 1. The van der Waals surface area contributed by atoms with Gasteiger partial charge in [-0.1, -0.05) is 18.2 Å². The third-order valence-corrected chi connectivity index (χ3v) is 4.53. The van der Waals surface area contributed by atoms with Gasteiger partial charge in [0.25, 0.3) is 5.91 Å². The lowest BCUT2D eigenvalue weighted by Crippen LogP contribution is -2.14. The number of rotatable bonds is 4. The molecule has 2 N–H and O–H groups in total. The van der Waals surface area contributed by atoms with Crippen LogP contribution in [-0.4, -0.2) is 17.0 Å². The Morgan fingerprint density at radius 3 is 2.36 bits per heavy atom. The molecule has 0 atom stereocenters. The number of halogens is 2. The zero-order valence-corrected chi connectivity index (χ0v) is 16.2. The number of carbonyl (C=O) groups excluding carboxylic acids is 1. The van der Waals surface area contributed by atoms with Crippen molar-refractivity contribution in [3.05, 3.63) is 67.6 Å². The van der Waals surface area contributed by atoms with Crippen LogP contribution in [0.1, 0.15) is 21.5 Å². The fourth-order valence-corrected chi connectivity index (χ4v) is 3.74. The summed E-state index contributed by atoms with van der Waals surface area (Å²) < 4.78 is 1.33. The number of benzene rings is 2. The van der Waals surface area contributed by atoms with E-state index in [0.717, 1.165) is 5.56 Å². The molecule has 2 rings (SSSR count). The first kappa shape index (κ1) is 18.9. The van der Waals surface area contributed by atoms with E-state index in [1.165, 1.54) is 18.2 Å². The summed E-state index contributed by atoms with van der Waals surface area (Å²) in [6.07, 6.45) is 1.26. The zero-order chi connectivity index (χ0) is 18.6. The van der Waals surface area contributed by atoms with Crippen LogP contribution in [0.2, 0.25) is 0 Å². The molecule has 7 heteroatoms. The summed E-state index contributed by atoms with van der Waals surface area (Å²) in [4.78, 5) is 23.7. The van der Waals surface area contributed by atoms with E-state index in [4.69, 9.17) is 0 Å². The summed E-state index contributed by atoms with van der Waals surface area (Å²) in [6.45, 7) is 1.91. The Morgan fingerprint density at radius 1 is 1.20 bits per heavy atom. The zero-order valence-electron chi connectivity index (χ0n) is 13.0. The van der Waals surface area contributed by atoms with Gasteiger partial charge in [0.1, 0.15) is 11.6 Å². The minimum Gasteiger partial charge on any atom is -0.478 e. The van der Waals surface area contributed by atoms with Crippen LogP contribution >= 0.6 is 31.9 Å². The normalized spacial score (nSPS) is 10.9. The summed E-state index contributed by atoms with van der Waals surface area (Å²) in [5, 5.41) is 21.2. The minimum atomic E-state index is -1.13. The molecule has 0 aliphatic heterocycles. The highest BCUT2D eigenvalue weighted by atomic mass is 79.9. The van der Waals surface area contributed by atoms with Crippen molar-refractivity contribution < 1.29 is 14.7 Å². The van der Waals surface area contributed by atoms with Gasteiger partial charge in [-0.15, -0.1) is 0 Å². The molecule has 5 nitrogen and oxygen atoms in total. The third kappa shape index (κ3) is 4.56. The van der Waals surface area contributed by atoms with E-state index < -0.39 is 11.9 Å². The number of aromatic carboxylic acids is 1. The Kier molecular flexibility index (Phi) is 6.12. The molecule has 0 saturated heterocycles. The van der Waals surface area contributed by atoms with Crippen molar-refractivity contribution >= 4 is 55.5 Å². The maximum Gasteiger partial charge on any atom is 0.336 e. The van der Waals surface area contributed by atoms with Gasteiger partial charge in [0, 0.05) is 8.95 Å². The van der Waals surface area contributed by atoms with E-state index in [1.54, 1.807) is 12.1 Å². The molecule has 0 aromatic heterocycles. The first-order chi connectivity index (χ1) is 11.8. The van der Waals surface area contributed by atoms with E-state index in [0.29, 0.717) is 14.6 Å². The van der Waals surface area contributed by atoms with Crippen LogP contribution in [0.5, 0.6) is 0 Å². The van der Waals surface area contributed by atoms with Crippen molar-refractivity contribution in [3.8, 4) is 6.07 Å². The average Bonchev–Trinajstić information content (AvgIpc) is 2.55. The highest BCUT2D eigenvalue weighted by Crippen LogP contribution is 2.32. The first-order valence-electron chi connectivity index (χ1n) is 7.04. The number of hydrogen-bond donors (Lipinski definition) is 2. The van der Waals surface area contributed by atoms with Crippen LogP contribution in [-0.2, 0) is 4.79 Å². The number of carbonyl (C=O) groups is 2. The smallest absolute Gasteiger partial charge is 0.336 e. The lowest BCUT2D eigenvalue weighted by molar-refractivity contribution is -0.112. The molecule has 0 saturated carbocycles. The molecule has 0 aliphatic carbocycles. The second-order valence-corrected chi connectivity index (χ2v) is 6.83. The average molecular weight is 464 g/mol. The van der Waals surface area contributed by atoms with Crippen molar-refractivity contribution in [1.82, 2.24) is 0 Å². The standard InChI is InChI=1S/C18H12Br2N2O3/c1-10-6-14(19)16(15(20)7-10)22-17(23)12(9-21)8-11-4-2-3-5-13(11)18(24)25/h2-8H,1H3,(H,22,23)(H,24,25)/b12-8+. The van der Waals surface area contributed by atoms with E-state index in [2.05, 4.69) is 37.2 Å². The van der Waals surface area contributed by atoms with Crippen LogP contribution in [0.25, 0.3) is 6.08 Å². The molecule has 0 heterocycles. The largest absolute Gasteiger partial charge is 0.478 e. The SMILES string of the molecule is Cc1cc(Br)c(NC(=O)/C(C#N)=C/c2ccccc2C(=O)O)c(Br)c1. The third-order valence-electron chi connectivity index (χ3n) is 3.28. The van der Waals surface area contributed by atoms with Gasteiger partial charge in [0.15, 0.2) is 0 Å². The van der Waals surface area contributed by atoms with Crippen molar-refractivity contribution in [2.24, 2.45) is 0 Å². The molecule has 0 bridgehead atoms. The number of anilines is 1. The van der Waals surface area contributed by atoms with Gasteiger partial charge in [-0.05, 0) is 74.2 Å². The van der Waals surface area contributed by atoms with Crippen LogP contribution < -0.4 is 5.32 Å². The van der Waals surface area contributed by atoms with E-state index in [-0.39, 0.29) is 16.7 Å². The summed E-state index contributed by atoms with van der Waals surface area (Å²) in [7, 11) is 0.